The molecule has 0 aliphatic rings. The standard InChI is InChI=1S/C14H35NO2Si2/c1-8-12-13-15(14-18(7,16-5)17-6)19(9-2,10-3)11-4/h8-14H2,1-7H3. The fourth-order valence-corrected chi connectivity index (χ4v) is 9.77. The molecule has 5 heteroatoms. The first-order chi connectivity index (χ1) is 8.97. The summed E-state index contributed by atoms with van der Waals surface area (Å²) in [6, 6.07) is 4.00. The van der Waals surface area contributed by atoms with Gasteiger partial charge in [0.25, 0.3) is 0 Å². The molecule has 0 bridgehead atoms. The van der Waals surface area contributed by atoms with Crippen molar-refractivity contribution in [1.29, 1.82) is 0 Å². The van der Waals surface area contributed by atoms with Gasteiger partial charge in [0.1, 0.15) is 8.24 Å². The molecule has 0 atom stereocenters. The fraction of sp³-hybridized carbons (Fsp3) is 1.00. The predicted octanol–water partition coefficient (Wildman–Crippen LogP) is 4.00. The van der Waals surface area contributed by atoms with Gasteiger partial charge in [-0.2, -0.15) is 0 Å². The van der Waals surface area contributed by atoms with E-state index in [4.69, 9.17) is 8.85 Å². The van der Waals surface area contributed by atoms with Gasteiger partial charge >= 0.3 is 8.56 Å². The second-order valence-corrected chi connectivity index (χ2v) is 14.2. The van der Waals surface area contributed by atoms with Gasteiger partial charge in [0.15, 0.2) is 0 Å². The summed E-state index contributed by atoms with van der Waals surface area (Å²) in [6.07, 6.45) is 3.57. The van der Waals surface area contributed by atoms with Gasteiger partial charge in [-0.1, -0.05) is 34.1 Å². The molecule has 116 valence electrons. The van der Waals surface area contributed by atoms with Crippen molar-refractivity contribution in [3.63, 3.8) is 0 Å². The number of hydrogen-bond acceptors (Lipinski definition) is 3. The number of unbranched alkanes of at least 4 members (excludes halogenated alkanes) is 1. The van der Waals surface area contributed by atoms with Crippen LogP contribution in [-0.2, 0) is 8.85 Å². The number of rotatable bonds is 11. The molecule has 0 aromatic carbocycles. The Morgan fingerprint density at radius 1 is 0.895 bits per heavy atom. The maximum absolute atomic E-state index is 5.72. The largest absolute Gasteiger partial charge is 0.397 e. The first-order valence-corrected chi connectivity index (χ1v) is 12.9. The van der Waals surface area contributed by atoms with E-state index < -0.39 is 16.8 Å². The lowest BCUT2D eigenvalue weighted by molar-refractivity contribution is 0.232. The van der Waals surface area contributed by atoms with Crippen LogP contribution in [0.3, 0.4) is 0 Å². The van der Waals surface area contributed by atoms with Gasteiger partial charge in [-0.25, -0.2) is 0 Å². The second kappa shape index (κ2) is 9.29. The quantitative estimate of drug-likeness (QED) is 0.539. The molecule has 0 heterocycles. The van der Waals surface area contributed by atoms with Crippen LogP contribution in [0.15, 0.2) is 0 Å². The highest BCUT2D eigenvalue weighted by atomic mass is 28.4. The van der Waals surface area contributed by atoms with E-state index in [1.807, 2.05) is 0 Å². The highest BCUT2D eigenvalue weighted by molar-refractivity contribution is 6.78. The fourth-order valence-electron chi connectivity index (χ4n) is 2.81. The summed E-state index contributed by atoms with van der Waals surface area (Å²) in [6.45, 7) is 12.8. The van der Waals surface area contributed by atoms with E-state index >= 15 is 0 Å². The maximum Gasteiger partial charge on any atom is 0.348 e. The van der Waals surface area contributed by atoms with Crippen molar-refractivity contribution in [1.82, 2.24) is 4.57 Å². The summed E-state index contributed by atoms with van der Waals surface area (Å²) in [7, 11) is 0.286. The molecule has 0 unspecified atom stereocenters. The van der Waals surface area contributed by atoms with Gasteiger partial charge in [-0.05, 0) is 37.6 Å². The molecular formula is C14H35NO2Si2. The average molecular weight is 306 g/mol. The summed E-state index contributed by atoms with van der Waals surface area (Å²) in [4.78, 5) is 0. The molecule has 0 rings (SSSR count). The van der Waals surface area contributed by atoms with Gasteiger partial charge in [0.05, 0.1) is 0 Å². The van der Waals surface area contributed by atoms with Crippen LogP contribution in [0, 0.1) is 0 Å². The molecule has 0 spiro atoms. The third-order valence-electron chi connectivity index (χ3n) is 4.77. The molecule has 0 fully saturated rings. The molecule has 0 radical (unpaired) electrons. The van der Waals surface area contributed by atoms with Crippen molar-refractivity contribution < 1.29 is 8.85 Å². The van der Waals surface area contributed by atoms with Crippen molar-refractivity contribution in [2.45, 2.75) is 65.2 Å². The molecule has 0 aliphatic carbocycles. The molecule has 0 N–H and O–H groups in total. The molecule has 0 aromatic heterocycles. The van der Waals surface area contributed by atoms with Gasteiger partial charge in [-0.3, -0.25) is 0 Å². The Hall–Kier alpha value is 0.314. The third kappa shape index (κ3) is 5.30. The summed E-state index contributed by atoms with van der Waals surface area (Å²) in [5.41, 5.74) is 0. The third-order valence-corrected chi connectivity index (χ3v) is 13.4. The minimum Gasteiger partial charge on any atom is -0.397 e. The van der Waals surface area contributed by atoms with E-state index in [9.17, 15) is 0 Å². The molecule has 19 heavy (non-hydrogen) atoms. The zero-order chi connectivity index (χ0) is 14.9. The minimum atomic E-state index is -2.01. The van der Waals surface area contributed by atoms with Gasteiger partial charge < -0.3 is 13.4 Å². The van der Waals surface area contributed by atoms with Crippen LogP contribution in [0.1, 0.15) is 40.5 Å². The van der Waals surface area contributed by atoms with Crippen LogP contribution in [0.2, 0.25) is 24.7 Å². The van der Waals surface area contributed by atoms with Crippen molar-refractivity contribution in [3.05, 3.63) is 0 Å². The van der Waals surface area contributed by atoms with Crippen molar-refractivity contribution in [2.24, 2.45) is 0 Å². The Labute approximate surface area is 123 Å². The topological polar surface area (TPSA) is 21.7 Å². The normalized spacial score (nSPS) is 13.3. The highest BCUT2D eigenvalue weighted by Crippen LogP contribution is 2.27. The van der Waals surface area contributed by atoms with Crippen LogP contribution in [0.5, 0.6) is 0 Å². The Kier molecular flexibility index (Phi) is 9.44. The molecule has 3 nitrogen and oxygen atoms in total. The van der Waals surface area contributed by atoms with Gasteiger partial charge in [0, 0.05) is 20.4 Å². The highest BCUT2D eigenvalue weighted by Gasteiger charge is 2.40. The molecule has 0 amide bonds. The van der Waals surface area contributed by atoms with Gasteiger partial charge in [-0.15, -0.1) is 0 Å². The van der Waals surface area contributed by atoms with Crippen LogP contribution in [-0.4, -0.2) is 48.3 Å². The van der Waals surface area contributed by atoms with E-state index in [1.54, 1.807) is 14.2 Å². The monoisotopic (exact) mass is 305 g/mol. The zero-order valence-corrected chi connectivity index (χ0v) is 16.2. The molecule has 0 aliphatic heterocycles. The zero-order valence-electron chi connectivity index (χ0n) is 14.2. The Bertz CT molecular complexity index is 223. The van der Waals surface area contributed by atoms with E-state index in [-0.39, 0.29) is 0 Å². The minimum absolute atomic E-state index is 1.03. The molecule has 0 saturated heterocycles. The van der Waals surface area contributed by atoms with Crippen molar-refractivity contribution >= 4 is 16.8 Å². The van der Waals surface area contributed by atoms with Crippen LogP contribution >= 0.6 is 0 Å². The van der Waals surface area contributed by atoms with Crippen molar-refractivity contribution in [3.8, 4) is 0 Å². The van der Waals surface area contributed by atoms with E-state index in [2.05, 4.69) is 38.8 Å². The van der Waals surface area contributed by atoms with E-state index in [1.165, 1.54) is 37.5 Å². The predicted molar refractivity (Wildman–Crippen MR) is 89.3 cm³/mol. The Balaban J connectivity index is 5.07. The summed E-state index contributed by atoms with van der Waals surface area (Å²) in [5.74, 6) is 0. The van der Waals surface area contributed by atoms with Crippen LogP contribution in [0.25, 0.3) is 0 Å². The first kappa shape index (κ1) is 19.3. The summed E-state index contributed by atoms with van der Waals surface area (Å²) >= 11 is 0. The van der Waals surface area contributed by atoms with Gasteiger partial charge in [0.2, 0.25) is 0 Å². The Morgan fingerprint density at radius 3 is 1.68 bits per heavy atom. The Morgan fingerprint density at radius 2 is 1.37 bits per heavy atom. The maximum atomic E-state index is 5.72. The summed E-state index contributed by atoms with van der Waals surface area (Å²) < 4.78 is 14.2. The van der Waals surface area contributed by atoms with E-state index in [0.717, 1.165) is 6.17 Å². The lowest BCUT2D eigenvalue weighted by Gasteiger charge is -2.44. The smallest absolute Gasteiger partial charge is 0.348 e. The molecule has 0 aromatic rings. The lowest BCUT2D eigenvalue weighted by Crippen LogP contribution is -2.60. The molecular weight excluding hydrogens is 270 g/mol. The van der Waals surface area contributed by atoms with Crippen LogP contribution in [0.4, 0.5) is 0 Å². The average Bonchev–Trinajstić information content (AvgIpc) is 2.46. The first-order valence-electron chi connectivity index (χ1n) is 7.82. The van der Waals surface area contributed by atoms with Crippen molar-refractivity contribution in [2.75, 3.05) is 26.9 Å². The number of nitrogens with zero attached hydrogens (tertiary/aromatic N) is 1. The van der Waals surface area contributed by atoms with E-state index in [0.29, 0.717) is 0 Å². The van der Waals surface area contributed by atoms with Crippen LogP contribution < -0.4 is 0 Å². The summed E-state index contributed by atoms with van der Waals surface area (Å²) in [5, 5.41) is 0. The second-order valence-electron chi connectivity index (χ2n) is 5.60. The lowest BCUT2D eigenvalue weighted by atomic mass is 10.3. The molecule has 0 saturated carbocycles. The number of hydrogen-bond donors (Lipinski definition) is 0. The SMILES string of the molecule is CCCCN(C[Si](C)(OC)OC)[Si](CC)(CC)CC.